The summed E-state index contributed by atoms with van der Waals surface area (Å²) in [4.78, 5) is 40.0. The van der Waals surface area contributed by atoms with E-state index in [4.69, 9.17) is 27.9 Å². The minimum Gasteiger partial charge on any atom is -0.465 e. The fourth-order valence-electron chi connectivity index (χ4n) is 3.06. The van der Waals surface area contributed by atoms with Gasteiger partial charge in [0.15, 0.2) is 0 Å². The van der Waals surface area contributed by atoms with Crippen molar-refractivity contribution in [1.29, 1.82) is 0 Å². The minimum absolute atomic E-state index is 0.143. The first-order valence-electron chi connectivity index (χ1n) is 8.61. The van der Waals surface area contributed by atoms with Gasteiger partial charge in [-0.1, -0.05) is 23.2 Å². The van der Waals surface area contributed by atoms with Crippen molar-refractivity contribution in [3.63, 3.8) is 0 Å². The molecule has 1 aromatic carbocycles. The zero-order chi connectivity index (χ0) is 20.4. The van der Waals surface area contributed by atoms with E-state index in [0.29, 0.717) is 28.6 Å². The predicted molar refractivity (Wildman–Crippen MR) is 110 cm³/mol. The summed E-state index contributed by atoms with van der Waals surface area (Å²) in [5.41, 5.74) is 0.875. The Balaban J connectivity index is 1.97. The van der Waals surface area contributed by atoms with Gasteiger partial charge in [0.2, 0.25) is 0 Å². The summed E-state index contributed by atoms with van der Waals surface area (Å²) in [6, 6.07) is 4.50. The van der Waals surface area contributed by atoms with Gasteiger partial charge < -0.3 is 15.0 Å². The van der Waals surface area contributed by atoms with Crippen LogP contribution in [-0.2, 0) is 4.74 Å². The van der Waals surface area contributed by atoms with Crippen LogP contribution in [-0.4, -0.2) is 42.9 Å². The van der Waals surface area contributed by atoms with Gasteiger partial charge in [-0.3, -0.25) is 9.59 Å². The van der Waals surface area contributed by atoms with Crippen LogP contribution in [0.1, 0.15) is 48.8 Å². The second kappa shape index (κ2) is 8.51. The Labute approximate surface area is 176 Å². The maximum Gasteiger partial charge on any atom is 0.341 e. The van der Waals surface area contributed by atoms with Crippen LogP contribution in [0.3, 0.4) is 0 Å². The number of amides is 2. The quantitative estimate of drug-likeness (QED) is 0.702. The smallest absolute Gasteiger partial charge is 0.341 e. The molecule has 3 rings (SSSR count). The first-order valence-corrected chi connectivity index (χ1v) is 10.2. The third kappa shape index (κ3) is 4.01. The lowest BCUT2D eigenvalue weighted by molar-refractivity contribution is 0.0601. The molecule has 0 bridgehead atoms. The molecule has 1 aliphatic heterocycles. The molecule has 2 amide bonds. The number of benzene rings is 1. The topological polar surface area (TPSA) is 75.7 Å². The van der Waals surface area contributed by atoms with Crippen molar-refractivity contribution >= 4 is 57.3 Å². The van der Waals surface area contributed by atoms with E-state index in [-0.39, 0.29) is 27.1 Å². The number of anilines is 1. The Hall–Kier alpha value is -2.09. The molecule has 0 saturated carbocycles. The number of thiophene rings is 1. The Morgan fingerprint density at radius 3 is 2.46 bits per heavy atom. The average Bonchev–Trinajstić information content (AvgIpc) is 3.29. The Morgan fingerprint density at radius 2 is 1.86 bits per heavy atom. The second-order valence-electron chi connectivity index (χ2n) is 6.33. The summed E-state index contributed by atoms with van der Waals surface area (Å²) in [5, 5.41) is 3.53. The van der Waals surface area contributed by atoms with E-state index < -0.39 is 11.9 Å². The summed E-state index contributed by atoms with van der Waals surface area (Å²) in [5.74, 6) is -1.27. The fraction of sp³-hybridized carbons (Fsp3) is 0.316. The van der Waals surface area contributed by atoms with Crippen LogP contribution in [0.15, 0.2) is 18.2 Å². The van der Waals surface area contributed by atoms with Crippen molar-refractivity contribution < 1.29 is 19.1 Å². The number of carbonyl (C=O) groups is 3. The molecule has 9 heteroatoms. The summed E-state index contributed by atoms with van der Waals surface area (Å²) in [7, 11) is 1.25. The monoisotopic (exact) mass is 440 g/mol. The number of hydrogen-bond acceptors (Lipinski definition) is 5. The summed E-state index contributed by atoms with van der Waals surface area (Å²) < 4.78 is 4.85. The van der Waals surface area contributed by atoms with E-state index in [2.05, 4.69) is 5.32 Å². The number of hydrogen-bond donors (Lipinski definition) is 1. The van der Waals surface area contributed by atoms with Crippen molar-refractivity contribution in [2.45, 2.75) is 19.8 Å². The first kappa shape index (κ1) is 20.6. The lowest BCUT2D eigenvalue weighted by Gasteiger charge is -2.14. The van der Waals surface area contributed by atoms with Crippen molar-refractivity contribution in [1.82, 2.24) is 4.90 Å². The molecule has 0 atom stereocenters. The van der Waals surface area contributed by atoms with Gasteiger partial charge in [-0.15, -0.1) is 11.3 Å². The Bertz CT molecular complexity index is 952. The molecule has 2 heterocycles. The van der Waals surface area contributed by atoms with Gasteiger partial charge >= 0.3 is 5.97 Å². The van der Waals surface area contributed by atoms with E-state index in [1.807, 2.05) is 0 Å². The molecule has 1 aromatic heterocycles. The normalized spacial score (nSPS) is 13.5. The zero-order valence-corrected chi connectivity index (χ0v) is 17.6. The molecule has 2 aromatic rings. The summed E-state index contributed by atoms with van der Waals surface area (Å²) in [6.45, 7) is 3.05. The lowest BCUT2D eigenvalue weighted by atomic mass is 10.1. The highest BCUT2D eigenvalue weighted by Crippen LogP contribution is 2.35. The van der Waals surface area contributed by atoms with E-state index in [1.54, 1.807) is 17.9 Å². The number of rotatable bonds is 4. The number of nitrogens with zero attached hydrogens (tertiary/aromatic N) is 1. The van der Waals surface area contributed by atoms with Crippen LogP contribution in [0, 0.1) is 6.92 Å². The molecule has 1 aliphatic rings. The standard InChI is InChI=1S/C19H18Cl2N2O4S/c1-10-14(19(26)27-2)17(28-15(10)18(25)23-7-3-4-8-23)22-16(24)12-6-5-11(20)9-13(12)21/h5-6,9H,3-4,7-8H2,1-2H3,(H,22,24). The molecule has 0 radical (unpaired) electrons. The van der Waals surface area contributed by atoms with Crippen LogP contribution in [0.25, 0.3) is 0 Å². The summed E-state index contributed by atoms with van der Waals surface area (Å²) >= 11 is 13.0. The largest absolute Gasteiger partial charge is 0.465 e. The van der Waals surface area contributed by atoms with Crippen LogP contribution < -0.4 is 5.32 Å². The lowest BCUT2D eigenvalue weighted by Crippen LogP contribution is -2.27. The molecule has 1 fully saturated rings. The summed E-state index contributed by atoms with van der Waals surface area (Å²) in [6.07, 6.45) is 1.91. The van der Waals surface area contributed by atoms with Gasteiger partial charge in [0, 0.05) is 18.1 Å². The maximum absolute atomic E-state index is 12.8. The van der Waals surface area contributed by atoms with E-state index >= 15 is 0 Å². The molecule has 1 N–H and O–H groups in total. The van der Waals surface area contributed by atoms with Gasteiger partial charge in [0.05, 0.1) is 28.1 Å². The number of ether oxygens (including phenoxy) is 1. The molecule has 1 saturated heterocycles. The third-order valence-electron chi connectivity index (χ3n) is 4.53. The van der Waals surface area contributed by atoms with Crippen LogP contribution in [0.5, 0.6) is 0 Å². The maximum atomic E-state index is 12.8. The van der Waals surface area contributed by atoms with Crippen molar-refractivity contribution in [2.24, 2.45) is 0 Å². The third-order valence-corrected chi connectivity index (χ3v) is 6.27. The molecular weight excluding hydrogens is 423 g/mol. The van der Waals surface area contributed by atoms with Gasteiger partial charge in [-0.05, 0) is 43.5 Å². The van der Waals surface area contributed by atoms with Crippen molar-refractivity contribution in [2.75, 3.05) is 25.5 Å². The number of carbonyl (C=O) groups excluding carboxylic acids is 3. The molecule has 6 nitrogen and oxygen atoms in total. The number of esters is 1. The van der Waals surface area contributed by atoms with E-state index in [9.17, 15) is 14.4 Å². The molecule has 28 heavy (non-hydrogen) atoms. The molecule has 0 spiro atoms. The van der Waals surface area contributed by atoms with Gasteiger partial charge in [-0.25, -0.2) is 4.79 Å². The van der Waals surface area contributed by atoms with Gasteiger partial charge in [0.25, 0.3) is 11.8 Å². The number of likely N-dealkylation sites (tertiary alicyclic amines) is 1. The Kier molecular flexibility index (Phi) is 6.27. The van der Waals surface area contributed by atoms with Crippen molar-refractivity contribution in [3.8, 4) is 0 Å². The van der Waals surface area contributed by atoms with Gasteiger partial charge in [-0.2, -0.15) is 0 Å². The van der Waals surface area contributed by atoms with Gasteiger partial charge in [0.1, 0.15) is 5.00 Å². The second-order valence-corrected chi connectivity index (χ2v) is 8.19. The highest BCUT2D eigenvalue weighted by Gasteiger charge is 2.30. The SMILES string of the molecule is COC(=O)c1c(NC(=O)c2ccc(Cl)cc2Cl)sc(C(=O)N2CCCC2)c1C. The van der Waals surface area contributed by atoms with E-state index in [1.165, 1.54) is 19.2 Å². The minimum atomic E-state index is -0.619. The molecular formula is C19H18Cl2N2O4S. The zero-order valence-electron chi connectivity index (χ0n) is 15.3. The first-order chi connectivity index (χ1) is 13.3. The fourth-order valence-corrected chi connectivity index (χ4v) is 4.71. The number of nitrogens with one attached hydrogen (secondary N) is 1. The van der Waals surface area contributed by atoms with Crippen LogP contribution in [0.4, 0.5) is 5.00 Å². The molecule has 0 aliphatic carbocycles. The van der Waals surface area contributed by atoms with Crippen LogP contribution in [0.2, 0.25) is 10.0 Å². The highest BCUT2D eigenvalue weighted by molar-refractivity contribution is 7.18. The number of halogens is 2. The van der Waals surface area contributed by atoms with E-state index in [0.717, 1.165) is 24.2 Å². The molecule has 0 unspecified atom stereocenters. The average molecular weight is 441 g/mol. The van der Waals surface area contributed by atoms with Crippen LogP contribution >= 0.6 is 34.5 Å². The predicted octanol–water partition coefficient (Wildman–Crippen LogP) is 4.64. The highest BCUT2D eigenvalue weighted by atomic mass is 35.5. The molecule has 148 valence electrons. The Morgan fingerprint density at radius 1 is 1.18 bits per heavy atom. The van der Waals surface area contributed by atoms with Crippen molar-refractivity contribution in [3.05, 3.63) is 49.8 Å². The number of methoxy groups -OCH3 is 1.